The Balaban J connectivity index is 1.67. The van der Waals surface area contributed by atoms with E-state index in [-0.39, 0.29) is 29.0 Å². The zero-order valence-corrected chi connectivity index (χ0v) is 16.7. The summed E-state index contributed by atoms with van der Waals surface area (Å²) in [6.07, 6.45) is 4.62. The molecule has 1 fully saturated rings. The van der Waals surface area contributed by atoms with Gasteiger partial charge in [0, 0.05) is 36.2 Å². The fourth-order valence-electron chi connectivity index (χ4n) is 3.78. The number of benzene rings is 2. The van der Waals surface area contributed by atoms with Crippen LogP contribution in [0.4, 0.5) is 10.2 Å². The van der Waals surface area contributed by atoms with Crippen LogP contribution in [0.1, 0.15) is 29.6 Å². The molecule has 2 heterocycles. The lowest BCUT2D eigenvalue weighted by Gasteiger charge is -2.26. The lowest BCUT2D eigenvalue weighted by molar-refractivity contribution is 0.0974. The summed E-state index contributed by atoms with van der Waals surface area (Å²) in [6.45, 7) is 0.719. The minimum absolute atomic E-state index is 0.0583. The van der Waals surface area contributed by atoms with Crippen LogP contribution in [0.3, 0.4) is 0 Å². The molecule has 0 radical (unpaired) electrons. The van der Waals surface area contributed by atoms with Gasteiger partial charge in [-0.25, -0.2) is 22.8 Å². The van der Waals surface area contributed by atoms with Crippen LogP contribution in [0.25, 0.3) is 10.9 Å². The number of sulfone groups is 1. The van der Waals surface area contributed by atoms with Crippen LogP contribution in [0.15, 0.2) is 53.7 Å². The minimum Gasteiger partial charge on any atom is -0.353 e. The maximum Gasteiger partial charge on any atom is 0.175 e. The highest BCUT2D eigenvalue weighted by Crippen LogP contribution is 2.32. The summed E-state index contributed by atoms with van der Waals surface area (Å²) in [7, 11) is -3.37. The molecule has 1 atom stereocenters. The summed E-state index contributed by atoms with van der Waals surface area (Å²) in [5, 5.41) is 0.650. The number of anilines is 1. The second-order valence-corrected chi connectivity index (χ2v) is 9.29. The normalized spacial score (nSPS) is 17.0. The second-order valence-electron chi connectivity index (χ2n) is 7.27. The number of ketones is 1. The molecule has 150 valence electrons. The molecule has 1 aliphatic heterocycles. The van der Waals surface area contributed by atoms with Gasteiger partial charge in [-0.15, -0.1) is 0 Å². The van der Waals surface area contributed by atoms with Crippen molar-refractivity contribution in [2.45, 2.75) is 30.2 Å². The first-order valence-corrected chi connectivity index (χ1v) is 11.2. The van der Waals surface area contributed by atoms with Gasteiger partial charge in [-0.05, 0) is 55.3 Å². The largest absolute Gasteiger partial charge is 0.353 e. The fraction of sp³-hybridized carbons (Fsp3) is 0.286. The van der Waals surface area contributed by atoms with Crippen LogP contribution in [-0.4, -0.2) is 43.0 Å². The number of aromatic nitrogens is 2. The Bertz CT molecular complexity index is 1180. The molecule has 1 saturated heterocycles. The topological polar surface area (TPSA) is 80.2 Å². The quantitative estimate of drug-likeness (QED) is 0.597. The van der Waals surface area contributed by atoms with Gasteiger partial charge in [0.25, 0.3) is 0 Å². The number of Topliss-reactive ketones (excluding diaryl/α,β-unsaturated/α-hetero) is 1. The van der Waals surface area contributed by atoms with Crippen molar-refractivity contribution in [3.05, 3.63) is 60.2 Å². The lowest BCUT2D eigenvalue weighted by Crippen LogP contribution is -2.32. The third kappa shape index (κ3) is 3.98. The zero-order chi connectivity index (χ0) is 20.6. The van der Waals surface area contributed by atoms with Gasteiger partial charge in [0.15, 0.2) is 15.6 Å². The van der Waals surface area contributed by atoms with Crippen molar-refractivity contribution in [2.75, 3.05) is 17.7 Å². The molecule has 4 rings (SSSR count). The van der Waals surface area contributed by atoms with Crippen LogP contribution >= 0.6 is 0 Å². The first-order valence-electron chi connectivity index (χ1n) is 9.33. The number of carbonyl (C=O) groups excluding carboxylic acids is 1. The highest BCUT2D eigenvalue weighted by molar-refractivity contribution is 7.90. The van der Waals surface area contributed by atoms with Gasteiger partial charge in [0.2, 0.25) is 0 Å². The highest BCUT2D eigenvalue weighted by atomic mass is 32.2. The Labute approximate surface area is 168 Å². The van der Waals surface area contributed by atoms with E-state index in [0.717, 1.165) is 25.6 Å². The van der Waals surface area contributed by atoms with Crippen LogP contribution in [0, 0.1) is 5.82 Å². The average molecular weight is 413 g/mol. The van der Waals surface area contributed by atoms with Crippen molar-refractivity contribution >= 4 is 32.3 Å². The maximum atomic E-state index is 13.1. The van der Waals surface area contributed by atoms with Gasteiger partial charge in [0.05, 0.1) is 10.4 Å². The van der Waals surface area contributed by atoms with Gasteiger partial charge in [-0.1, -0.05) is 0 Å². The molecule has 0 amide bonds. The Morgan fingerprint density at radius 2 is 1.93 bits per heavy atom. The first kappa shape index (κ1) is 19.4. The Morgan fingerprint density at radius 3 is 2.66 bits per heavy atom. The van der Waals surface area contributed by atoms with Crippen LogP contribution in [0.5, 0.6) is 0 Å². The molecule has 6 nitrogen and oxygen atoms in total. The maximum absolute atomic E-state index is 13.1. The van der Waals surface area contributed by atoms with Crippen molar-refractivity contribution in [3.8, 4) is 0 Å². The van der Waals surface area contributed by atoms with E-state index >= 15 is 0 Å². The fourth-order valence-corrected chi connectivity index (χ4v) is 4.42. The summed E-state index contributed by atoms with van der Waals surface area (Å²) in [5.74, 6) is 0.199. The molecule has 0 bridgehead atoms. The van der Waals surface area contributed by atoms with Crippen molar-refractivity contribution in [1.29, 1.82) is 0 Å². The van der Waals surface area contributed by atoms with Gasteiger partial charge < -0.3 is 4.90 Å². The van der Waals surface area contributed by atoms with Gasteiger partial charge in [-0.2, -0.15) is 0 Å². The molecule has 0 saturated carbocycles. The van der Waals surface area contributed by atoms with E-state index in [1.54, 1.807) is 12.1 Å². The van der Waals surface area contributed by atoms with Crippen LogP contribution < -0.4 is 4.90 Å². The van der Waals surface area contributed by atoms with Gasteiger partial charge in [-0.3, -0.25) is 4.79 Å². The second kappa shape index (κ2) is 7.51. The lowest BCUT2D eigenvalue weighted by atomic mass is 10.0. The number of fused-ring (bicyclic) bond motifs is 1. The average Bonchev–Trinajstić information content (AvgIpc) is 3.14. The predicted molar refractivity (Wildman–Crippen MR) is 108 cm³/mol. The van der Waals surface area contributed by atoms with E-state index < -0.39 is 9.84 Å². The molecule has 0 aliphatic carbocycles. The van der Waals surface area contributed by atoms with Crippen molar-refractivity contribution in [3.63, 3.8) is 0 Å². The van der Waals surface area contributed by atoms with E-state index in [4.69, 9.17) is 0 Å². The molecule has 3 aromatic rings. The first-order chi connectivity index (χ1) is 13.8. The highest BCUT2D eigenvalue weighted by Gasteiger charge is 2.29. The number of hydrogen-bond acceptors (Lipinski definition) is 6. The van der Waals surface area contributed by atoms with Crippen molar-refractivity contribution in [2.24, 2.45) is 0 Å². The summed E-state index contributed by atoms with van der Waals surface area (Å²) >= 11 is 0. The molecule has 0 N–H and O–H groups in total. The molecule has 1 unspecified atom stereocenters. The predicted octanol–water partition coefficient (Wildman–Crippen LogP) is 3.41. The zero-order valence-electron chi connectivity index (χ0n) is 15.9. The smallest absolute Gasteiger partial charge is 0.175 e. The number of carbonyl (C=O) groups is 1. The Hall–Kier alpha value is -2.87. The summed E-state index contributed by atoms with van der Waals surface area (Å²) in [5.41, 5.74) is 1.13. The van der Waals surface area contributed by atoms with E-state index in [2.05, 4.69) is 14.9 Å². The van der Waals surface area contributed by atoms with Crippen LogP contribution in [0.2, 0.25) is 0 Å². The molecular weight excluding hydrogens is 393 g/mol. The molecule has 8 heteroatoms. The molecular formula is C21H20FN3O3S. The van der Waals surface area contributed by atoms with Gasteiger partial charge in [0.1, 0.15) is 18.0 Å². The Morgan fingerprint density at radius 1 is 1.17 bits per heavy atom. The van der Waals surface area contributed by atoms with E-state index in [1.807, 2.05) is 0 Å². The number of halogens is 1. The number of rotatable bonds is 5. The molecule has 1 aliphatic rings. The van der Waals surface area contributed by atoms with Gasteiger partial charge >= 0.3 is 0 Å². The van der Waals surface area contributed by atoms with E-state index in [1.165, 1.54) is 36.7 Å². The van der Waals surface area contributed by atoms with E-state index in [0.29, 0.717) is 22.3 Å². The minimum atomic E-state index is -3.37. The summed E-state index contributed by atoms with van der Waals surface area (Å²) in [4.78, 5) is 23.6. The Kier molecular flexibility index (Phi) is 5.04. The molecule has 2 aromatic carbocycles. The number of hydrogen-bond donors (Lipinski definition) is 0. The molecule has 1 aromatic heterocycles. The number of nitrogens with zero attached hydrogens (tertiary/aromatic N) is 3. The molecule has 29 heavy (non-hydrogen) atoms. The SMILES string of the molecule is CS(=O)(=O)c1ccc2ncnc(N3CCCC3CC(=O)c3ccc(F)cc3)c2c1. The summed E-state index contributed by atoms with van der Waals surface area (Å²) < 4.78 is 37.1. The standard InChI is InChI=1S/C21H20FN3O3S/c1-29(27,28)17-8-9-19-18(12-17)21(24-13-23-19)25-10-2-3-16(25)11-20(26)14-4-6-15(22)7-5-14/h4-9,12-13,16H,2-3,10-11H2,1H3. The third-order valence-electron chi connectivity index (χ3n) is 5.25. The monoisotopic (exact) mass is 413 g/mol. The summed E-state index contributed by atoms with van der Waals surface area (Å²) in [6, 6.07) is 10.3. The molecule has 0 spiro atoms. The van der Waals surface area contributed by atoms with Crippen molar-refractivity contribution < 1.29 is 17.6 Å². The van der Waals surface area contributed by atoms with Crippen LogP contribution in [-0.2, 0) is 9.84 Å². The van der Waals surface area contributed by atoms with Crippen molar-refractivity contribution in [1.82, 2.24) is 9.97 Å². The van der Waals surface area contributed by atoms with E-state index in [9.17, 15) is 17.6 Å². The third-order valence-corrected chi connectivity index (χ3v) is 6.36.